The number of allylic oxidation sites excluding steroid dienone is 1. The van der Waals surface area contributed by atoms with Crippen LogP contribution in [0.5, 0.6) is 0 Å². The molecule has 0 aromatic rings. The van der Waals surface area contributed by atoms with Gasteiger partial charge in [0.25, 0.3) is 0 Å². The number of nitro groups is 1. The molecule has 0 amide bonds. The molecule has 0 rings (SSSR count). The number of hydrogen-bond donors (Lipinski definition) is 1. The van der Waals surface area contributed by atoms with Crippen molar-refractivity contribution in [3.8, 4) is 0 Å². The zero-order valence-corrected chi connectivity index (χ0v) is 8.69. The van der Waals surface area contributed by atoms with Crippen molar-refractivity contribution in [2.45, 2.75) is 26.7 Å². The lowest BCUT2D eigenvalue weighted by Gasteiger charge is -1.95. The van der Waals surface area contributed by atoms with Gasteiger partial charge in [0.2, 0.25) is 0 Å². The molecule has 0 aliphatic carbocycles. The molecule has 0 heterocycles. The van der Waals surface area contributed by atoms with Gasteiger partial charge in [0, 0.05) is 13.1 Å². The molecule has 0 atom stereocenters. The second-order valence-corrected chi connectivity index (χ2v) is 2.82. The number of nitrogens with zero attached hydrogens (tertiary/aromatic N) is 2. The third-order valence-electron chi connectivity index (χ3n) is 1.43. The first-order valence-electron chi connectivity index (χ1n) is 4.80. The Bertz CT molecular complexity index is 224. The van der Waals surface area contributed by atoms with Crippen LogP contribution in [0.1, 0.15) is 26.7 Å². The molecule has 5 nitrogen and oxygen atoms in total. The van der Waals surface area contributed by atoms with Crippen LogP contribution in [0.3, 0.4) is 0 Å². The highest BCUT2D eigenvalue weighted by Crippen LogP contribution is 1.90. The lowest BCUT2D eigenvalue weighted by atomic mass is 10.4. The first-order valence-corrected chi connectivity index (χ1v) is 4.80. The second-order valence-electron chi connectivity index (χ2n) is 2.82. The molecule has 0 aliphatic rings. The van der Waals surface area contributed by atoms with Gasteiger partial charge in [-0.2, -0.15) is 0 Å². The molecule has 1 N–H and O–H groups in total. The van der Waals surface area contributed by atoms with Crippen LogP contribution >= 0.6 is 0 Å². The van der Waals surface area contributed by atoms with Crippen molar-refractivity contribution < 1.29 is 4.92 Å². The highest BCUT2D eigenvalue weighted by atomic mass is 16.6. The molecule has 0 unspecified atom stereocenters. The predicted molar refractivity (Wildman–Crippen MR) is 57.0 cm³/mol. The Labute approximate surface area is 84.1 Å². The van der Waals surface area contributed by atoms with E-state index >= 15 is 0 Å². The van der Waals surface area contributed by atoms with Crippen molar-refractivity contribution in [2.24, 2.45) is 4.99 Å². The Hall–Kier alpha value is -1.39. The van der Waals surface area contributed by atoms with Crippen LogP contribution in [0.25, 0.3) is 0 Å². The summed E-state index contributed by atoms with van der Waals surface area (Å²) in [6.07, 6.45) is 4.52. The first-order chi connectivity index (χ1) is 6.72. The average molecular weight is 199 g/mol. The van der Waals surface area contributed by atoms with Crippen LogP contribution < -0.4 is 5.32 Å². The normalized spacial score (nSPS) is 12.0. The minimum absolute atomic E-state index is 0.00639. The lowest BCUT2D eigenvalue weighted by Crippen LogP contribution is -2.11. The standard InChI is InChI=1S/C9H17N3O2/c1-3-5-10-7-9(12(13)14)8-11-6-4-2/h7-8,10H,3-6H2,1-2H3/b9-7+,11-8?. The summed E-state index contributed by atoms with van der Waals surface area (Å²) in [5.74, 6) is 0. The SMILES string of the molecule is CCCN=C/C(=C\NCCC)[N+](=O)[O-]. The van der Waals surface area contributed by atoms with Gasteiger partial charge in [-0.3, -0.25) is 15.1 Å². The van der Waals surface area contributed by atoms with Gasteiger partial charge in [-0.15, -0.1) is 0 Å². The van der Waals surface area contributed by atoms with E-state index in [9.17, 15) is 10.1 Å². The smallest absolute Gasteiger partial charge is 0.302 e. The van der Waals surface area contributed by atoms with Gasteiger partial charge >= 0.3 is 5.70 Å². The summed E-state index contributed by atoms with van der Waals surface area (Å²) in [5.41, 5.74) is 0.00639. The van der Waals surface area contributed by atoms with E-state index in [4.69, 9.17) is 0 Å². The molecule has 0 radical (unpaired) electrons. The highest BCUT2D eigenvalue weighted by molar-refractivity contribution is 5.75. The maximum atomic E-state index is 10.5. The topological polar surface area (TPSA) is 67.5 Å². The van der Waals surface area contributed by atoms with E-state index in [0.717, 1.165) is 19.4 Å². The summed E-state index contributed by atoms with van der Waals surface area (Å²) in [4.78, 5) is 14.0. The minimum atomic E-state index is -0.443. The van der Waals surface area contributed by atoms with Crippen LogP contribution in [0.2, 0.25) is 0 Å². The lowest BCUT2D eigenvalue weighted by molar-refractivity contribution is -0.414. The second kappa shape index (κ2) is 8.22. The Morgan fingerprint density at radius 1 is 1.50 bits per heavy atom. The quantitative estimate of drug-likeness (QED) is 0.293. The molecule has 80 valence electrons. The van der Waals surface area contributed by atoms with Crippen molar-refractivity contribution in [2.75, 3.05) is 13.1 Å². The molecular weight excluding hydrogens is 182 g/mol. The summed E-state index contributed by atoms with van der Waals surface area (Å²) < 4.78 is 0. The Morgan fingerprint density at radius 2 is 2.21 bits per heavy atom. The number of rotatable bonds is 7. The van der Waals surface area contributed by atoms with Gasteiger partial charge in [0.05, 0.1) is 11.1 Å². The van der Waals surface area contributed by atoms with Crippen molar-refractivity contribution in [1.82, 2.24) is 5.32 Å². The van der Waals surface area contributed by atoms with Gasteiger partial charge in [0.15, 0.2) is 0 Å². The fourth-order valence-corrected chi connectivity index (χ4v) is 0.745. The molecule has 0 aliphatic heterocycles. The van der Waals surface area contributed by atoms with Gasteiger partial charge in [-0.05, 0) is 12.8 Å². The molecule has 14 heavy (non-hydrogen) atoms. The number of aliphatic imine (C=N–C) groups is 1. The van der Waals surface area contributed by atoms with Crippen molar-refractivity contribution in [3.63, 3.8) is 0 Å². The number of hydrogen-bond acceptors (Lipinski definition) is 4. The van der Waals surface area contributed by atoms with Crippen LogP contribution in [-0.2, 0) is 0 Å². The van der Waals surface area contributed by atoms with Crippen LogP contribution in [0.15, 0.2) is 16.9 Å². The monoisotopic (exact) mass is 199 g/mol. The van der Waals surface area contributed by atoms with E-state index in [1.165, 1.54) is 12.4 Å². The maximum Gasteiger partial charge on any atom is 0.302 e. The summed E-state index contributed by atoms with van der Waals surface area (Å²) in [6, 6.07) is 0. The molecule has 0 bridgehead atoms. The van der Waals surface area contributed by atoms with Crippen molar-refractivity contribution >= 4 is 6.21 Å². The highest BCUT2D eigenvalue weighted by Gasteiger charge is 2.04. The fraction of sp³-hybridized carbons (Fsp3) is 0.667. The molecule has 0 aromatic heterocycles. The Balaban J connectivity index is 4.14. The largest absolute Gasteiger partial charge is 0.385 e. The van der Waals surface area contributed by atoms with Crippen LogP contribution in [-0.4, -0.2) is 24.2 Å². The van der Waals surface area contributed by atoms with E-state index < -0.39 is 4.92 Å². The average Bonchev–Trinajstić information content (AvgIpc) is 2.15. The Kier molecular flexibility index (Phi) is 7.40. The zero-order chi connectivity index (χ0) is 10.8. The molecule has 0 aromatic carbocycles. The molecule has 0 spiro atoms. The van der Waals surface area contributed by atoms with E-state index in [-0.39, 0.29) is 5.70 Å². The van der Waals surface area contributed by atoms with Crippen molar-refractivity contribution in [3.05, 3.63) is 22.0 Å². The molecular formula is C9H17N3O2. The van der Waals surface area contributed by atoms with E-state index in [1.54, 1.807) is 0 Å². The zero-order valence-electron chi connectivity index (χ0n) is 8.69. The summed E-state index contributed by atoms with van der Waals surface area (Å²) in [6.45, 7) is 5.33. The Morgan fingerprint density at radius 3 is 2.71 bits per heavy atom. The molecule has 0 saturated carbocycles. The third-order valence-corrected chi connectivity index (χ3v) is 1.43. The number of nitrogens with one attached hydrogen (secondary N) is 1. The molecule has 5 heteroatoms. The van der Waals surface area contributed by atoms with Crippen molar-refractivity contribution in [1.29, 1.82) is 0 Å². The predicted octanol–water partition coefficient (Wildman–Crippen LogP) is 1.58. The summed E-state index contributed by atoms with van der Waals surface area (Å²) >= 11 is 0. The fourth-order valence-electron chi connectivity index (χ4n) is 0.745. The summed E-state index contributed by atoms with van der Waals surface area (Å²) in [7, 11) is 0. The van der Waals surface area contributed by atoms with Gasteiger partial charge in [-0.1, -0.05) is 13.8 Å². The van der Waals surface area contributed by atoms with E-state index in [1.807, 2.05) is 13.8 Å². The maximum absolute atomic E-state index is 10.5. The van der Waals surface area contributed by atoms with Crippen LogP contribution in [0.4, 0.5) is 0 Å². The van der Waals surface area contributed by atoms with E-state index in [0.29, 0.717) is 6.54 Å². The van der Waals surface area contributed by atoms with Crippen LogP contribution in [0, 0.1) is 10.1 Å². The van der Waals surface area contributed by atoms with Gasteiger partial charge < -0.3 is 5.32 Å². The van der Waals surface area contributed by atoms with E-state index in [2.05, 4.69) is 10.3 Å². The molecule has 0 fully saturated rings. The summed E-state index contributed by atoms with van der Waals surface area (Å²) in [5, 5.41) is 13.3. The molecule has 0 saturated heterocycles. The van der Waals surface area contributed by atoms with Gasteiger partial charge in [-0.25, -0.2) is 0 Å². The third kappa shape index (κ3) is 6.16. The van der Waals surface area contributed by atoms with Gasteiger partial charge in [0.1, 0.15) is 6.21 Å². The minimum Gasteiger partial charge on any atom is -0.385 e. The first kappa shape index (κ1) is 12.6.